The Kier molecular flexibility index (Phi) is 5.56. The summed E-state index contributed by atoms with van der Waals surface area (Å²) in [6.45, 7) is 2.92. The van der Waals surface area contributed by atoms with E-state index in [1.807, 2.05) is 38.2 Å². The molecule has 0 aliphatic heterocycles. The topological polar surface area (TPSA) is 58.2 Å². The summed E-state index contributed by atoms with van der Waals surface area (Å²) in [7, 11) is -1.68. The van der Waals surface area contributed by atoms with Crippen LogP contribution < -0.4 is 10.0 Å². The number of rotatable bonds is 6. The Morgan fingerprint density at radius 2 is 2.00 bits per heavy atom. The van der Waals surface area contributed by atoms with E-state index < -0.39 is 10.0 Å². The summed E-state index contributed by atoms with van der Waals surface area (Å²) >= 11 is 4.76. The summed E-state index contributed by atoms with van der Waals surface area (Å²) in [6, 6.07) is 9.48. The molecule has 7 heteroatoms. The highest BCUT2D eigenvalue weighted by Crippen LogP contribution is 2.31. The molecule has 4 nitrogen and oxygen atoms in total. The zero-order chi connectivity index (χ0) is 15.5. The summed E-state index contributed by atoms with van der Waals surface area (Å²) in [5.74, 6) is 0. The number of thiophene rings is 1. The minimum absolute atomic E-state index is 0.285. The number of hydrogen-bond donors (Lipinski definition) is 2. The fourth-order valence-electron chi connectivity index (χ4n) is 1.92. The molecule has 0 saturated heterocycles. The molecule has 0 unspecified atom stereocenters. The number of hydrogen-bond acceptors (Lipinski definition) is 4. The van der Waals surface area contributed by atoms with Gasteiger partial charge in [-0.05, 0) is 41.5 Å². The molecule has 0 fully saturated rings. The van der Waals surface area contributed by atoms with Crippen molar-refractivity contribution in [1.29, 1.82) is 0 Å². The smallest absolute Gasteiger partial charge is 0.242 e. The van der Waals surface area contributed by atoms with Crippen LogP contribution in [0.2, 0.25) is 0 Å². The third-order valence-corrected chi connectivity index (χ3v) is 6.55. The highest BCUT2D eigenvalue weighted by Gasteiger charge is 2.20. The molecule has 0 radical (unpaired) electrons. The normalized spacial score (nSPS) is 11.8. The SMILES string of the molecule is CNCc1cc(S(=O)(=O)NCc2cccc(C)c2)c(Br)s1. The summed E-state index contributed by atoms with van der Waals surface area (Å²) in [4.78, 5) is 1.27. The molecule has 0 aliphatic rings. The van der Waals surface area contributed by atoms with Crippen LogP contribution >= 0.6 is 27.3 Å². The van der Waals surface area contributed by atoms with Crippen molar-refractivity contribution in [2.45, 2.75) is 24.9 Å². The number of halogens is 1. The second-order valence-electron chi connectivity index (χ2n) is 4.69. The number of nitrogens with one attached hydrogen (secondary N) is 2. The van der Waals surface area contributed by atoms with Crippen molar-refractivity contribution in [2.24, 2.45) is 0 Å². The van der Waals surface area contributed by atoms with E-state index in [1.165, 1.54) is 11.3 Å². The molecular weight excluding hydrogens is 372 g/mol. The third kappa shape index (κ3) is 4.37. The lowest BCUT2D eigenvalue weighted by atomic mass is 10.1. The van der Waals surface area contributed by atoms with Crippen LogP contribution in [0.4, 0.5) is 0 Å². The quantitative estimate of drug-likeness (QED) is 0.799. The Hall–Kier alpha value is -0.730. The van der Waals surface area contributed by atoms with Gasteiger partial charge >= 0.3 is 0 Å². The molecule has 114 valence electrons. The fraction of sp³-hybridized carbons (Fsp3) is 0.286. The molecule has 2 rings (SSSR count). The average Bonchev–Trinajstić information content (AvgIpc) is 2.79. The van der Waals surface area contributed by atoms with Gasteiger partial charge in [0.1, 0.15) is 4.90 Å². The minimum atomic E-state index is -3.51. The largest absolute Gasteiger partial charge is 0.315 e. The summed E-state index contributed by atoms with van der Waals surface area (Å²) in [5.41, 5.74) is 2.06. The maximum absolute atomic E-state index is 12.4. The molecule has 0 atom stereocenters. The standard InChI is InChI=1S/C14H17BrN2O2S2/c1-10-4-3-5-11(6-10)8-17-21(18,19)13-7-12(9-16-2)20-14(13)15/h3-7,16-17H,8-9H2,1-2H3. The lowest BCUT2D eigenvalue weighted by Gasteiger charge is -2.06. The van der Waals surface area contributed by atoms with Crippen LogP contribution in [0.15, 0.2) is 39.0 Å². The Bertz CT molecular complexity index is 726. The van der Waals surface area contributed by atoms with Gasteiger partial charge in [0.25, 0.3) is 0 Å². The maximum atomic E-state index is 12.4. The molecule has 2 N–H and O–H groups in total. The zero-order valence-electron chi connectivity index (χ0n) is 11.8. The number of sulfonamides is 1. The van der Waals surface area contributed by atoms with E-state index in [-0.39, 0.29) is 6.54 Å². The molecule has 1 aromatic carbocycles. The van der Waals surface area contributed by atoms with Crippen LogP contribution in [-0.4, -0.2) is 15.5 Å². The molecule has 0 amide bonds. The van der Waals surface area contributed by atoms with Gasteiger partial charge in [-0.3, -0.25) is 0 Å². The fourth-order valence-corrected chi connectivity index (χ4v) is 5.63. The molecule has 0 bridgehead atoms. The van der Waals surface area contributed by atoms with E-state index >= 15 is 0 Å². The van der Waals surface area contributed by atoms with Crippen molar-refractivity contribution < 1.29 is 8.42 Å². The lowest BCUT2D eigenvalue weighted by Crippen LogP contribution is -2.23. The first-order valence-electron chi connectivity index (χ1n) is 6.40. The first-order valence-corrected chi connectivity index (χ1v) is 9.49. The van der Waals surface area contributed by atoms with E-state index in [0.717, 1.165) is 16.0 Å². The van der Waals surface area contributed by atoms with Gasteiger partial charge in [0.2, 0.25) is 10.0 Å². The van der Waals surface area contributed by atoms with Crippen LogP contribution in [0.5, 0.6) is 0 Å². The van der Waals surface area contributed by atoms with Gasteiger partial charge in [0.05, 0.1) is 3.79 Å². The van der Waals surface area contributed by atoms with E-state index in [2.05, 4.69) is 26.0 Å². The van der Waals surface area contributed by atoms with Crippen LogP contribution in [-0.2, 0) is 23.1 Å². The van der Waals surface area contributed by atoms with E-state index in [9.17, 15) is 8.42 Å². The molecule has 0 aliphatic carbocycles. The van der Waals surface area contributed by atoms with E-state index in [0.29, 0.717) is 15.2 Å². The Labute approximate surface area is 137 Å². The van der Waals surface area contributed by atoms with Crippen molar-refractivity contribution in [3.8, 4) is 0 Å². The van der Waals surface area contributed by atoms with E-state index in [4.69, 9.17) is 0 Å². The van der Waals surface area contributed by atoms with Gasteiger partial charge in [0, 0.05) is 18.0 Å². The second kappa shape index (κ2) is 7.02. The Balaban J connectivity index is 2.15. The van der Waals surface area contributed by atoms with Crippen LogP contribution in [0.1, 0.15) is 16.0 Å². The van der Waals surface area contributed by atoms with Crippen molar-refractivity contribution in [3.05, 3.63) is 50.1 Å². The molecule has 2 aromatic rings. The highest BCUT2D eigenvalue weighted by atomic mass is 79.9. The minimum Gasteiger partial charge on any atom is -0.315 e. The van der Waals surface area contributed by atoms with Crippen LogP contribution in [0.25, 0.3) is 0 Å². The van der Waals surface area contributed by atoms with Gasteiger partial charge < -0.3 is 5.32 Å². The zero-order valence-corrected chi connectivity index (χ0v) is 15.0. The van der Waals surface area contributed by atoms with Crippen molar-refractivity contribution in [1.82, 2.24) is 10.0 Å². The van der Waals surface area contributed by atoms with Crippen LogP contribution in [0, 0.1) is 6.92 Å². The highest BCUT2D eigenvalue weighted by molar-refractivity contribution is 9.11. The first kappa shape index (κ1) is 16.6. The Morgan fingerprint density at radius 3 is 2.67 bits per heavy atom. The van der Waals surface area contributed by atoms with Crippen molar-refractivity contribution in [3.63, 3.8) is 0 Å². The van der Waals surface area contributed by atoms with Gasteiger partial charge in [-0.15, -0.1) is 11.3 Å². The molecule has 0 saturated carbocycles. The van der Waals surface area contributed by atoms with Gasteiger partial charge in [-0.2, -0.15) is 0 Å². The summed E-state index contributed by atoms with van der Waals surface area (Å²) < 4.78 is 28.0. The lowest BCUT2D eigenvalue weighted by molar-refractivity contribution is 0.581. The molecule has 0 spiro atoms. The monoisotopic (exact) mass is 388 g/mol. The maximum Gasteiger partial charge on any atom is 0.242 e. The second-order valence-corrected chi connectivity index (χ2v) is 8.88. The predicted molar refractivity (Wildman–Crippen MR) is 90.0 cm³/mol. The summed E-state index contributed by atoms with van der Waals surface area (Å²) in [5, 5.41) is 3.01. The first-order chi connectivity index (χ1) is 9.92. The molecular formula is C14H17BrN2O2S2. The average molecular weight is 389 g/mol. The Morgan fingerprint density at radius 1 is 1.24 bits per heavy atom. The number of aryl methyl sites for hydroxylation is 1. The van der Waals surface area contributed by atoms with Gasteiger partial charge in [0.15, 0.2) is 0 Å². The number of benzene rings is 1. The van der Waals surface area contributed by atoms with Crippen molar-refractivity contribution in [2.75, 3.05) is 7.05 Å². The van der Waals surface area contributed by atoms with Gasteiger partial charge in [-0.25, -0.2) is 13.1 Å². The molecule has 1 aromatic heterocycles. The van der Waals surface area contributed by atoms with E-state index in [1.54, 1.807) is 6.07 Å². The third-order valence-electron chi connectivity index (χ3n) is 2.90. The summed E-state index contributed by atoms with van der Waals surface area (Å²) in [6.07, 6.45) is 0. The predicted octanol–water partition coefficient (Wildman–Crippen LogP) is 3.02. The van der Waals surface area contributed by atoms with Gasteiger partial charge in [-0.1, -0.05) is 29.8 Å². The molecule has 21 heavy (non-hydrogen) atoms. The van der Waals surface area contributed by atoms with Crippen molar-refractivity contribution >= 4 is 37.3 Å². The van der Waals surface area contributed by atoms with Crippen LogP contribution in [0.3, 0.4) is 0 Å². The molecule has 1 heterocycles.